The van der Waals surface area contributed by atoms with E-state index in [9.17, 15) is 4.79 Å². The highest BCUT2D eigenvalue weighted by atomic mass is 79.9. The molecule has 0 radical (unpaired) electrons. The second-order valence-electron chi connectivity index (χ2n) is 6.20. The average molecular weight is 423 g/mol. The highest BCUT2D eigenvalue weighted by Crippen LogP contribution is 2.33. The molecular formula is C18H17BrClN3O2. The number of hydrogen-bond acceptors (Lipinski definition) is 4. The van der Waals surface area contributed by atoms with Crippen LogP contribution >= 0.6 is 27.5 Å². The van der Waals surface area contributed by atoms with E-state index in [2.05, 4.69) is 37.9 Å². The van der Waals surface area contributed by atoms with Crippen molar-refractivity contribution < 1.29 is 9.53 Å². The Hall–Kier alpha value is -1.63. The molecule has 2 aliphatic heterocycles. The van der Waals surface area contributed by atoms with E-state index in [1.54, 1.807) is 17.2 Å². The number of aromatic nitrogens is 1. The quantitative estimate of drug-likeness (QED) is 0.743. The summed E-state index contributed by atoms with van der Waals surface area (Å²) >= 11 is 9.97. The van der Waals surface area contributed by atoms with Gasteiger partial charge in [0.05, 0.1) is 23.8 Å². The minimum Gasteiger partial charge on any atom is -0.378 e. The minimum absolute atomic E-state index is 0.0436. The Labute approximate surface area is 159 Å². The molecule has 2 aliphatic rings. The van der Waals surface area contributed by atoms with Crippen molar-refractivity contribution in [2.45, 2.75) is 13.1 Å². The fourth-order valence-electron chi connectivity index (χ4n) is 3.24. The van der Waals surface area contributed by atoms with Gasteiger partial charge in [-0.1, -0.05) is 33.6 Å². The van der Waals surface area contributed by atoms with Gasteiger partial charge in [-0.25, -0.2) is 4.98 Å². The third kappa shape index (κ3) is 3.38. The van der Waals surface area contributed by atoms with Crippen LogP contribution in [0.2, 0.25) is 5.02 Å². The van der Waals surface area contributed by atoms with Gasteiger partial charge in [-0.3, -0.25) is 4.79 Å². The van der Waals surface area contributed by atoms with Crippen molar-refractivity contribution >= 4 is 39.3 Å². The third-order valence-corrected chi connectivity index (χ3v) is 5.33. The molecule has 2 aromatic rings. The van der Waals surface area contributed by atoms with E-state index in [1.807, 2.05) is 6.07 Å². The van der Waals surface area contributed by atoms with Crippen molar-refractivity contribution in [3.8, 4) is 0 Å². The first-order valence-electron chi connectivity index (χ1n) is 8.16. The largest absolute Gasteiger partial charge is 0.378 e. The van der Waals surface area contributed by atoms with Crippen molar-refractivity contribution in [1.82, 2.24) is 9.88 Å². The summed E-state index contributed by atoms with van der Waals surface area (Å²) in [6.45, 7) is 3.90. The molecule has 1 aromatic carbocycles. The van der Waals surface area contributed by atoms with E-state index in [4.69, 9.17) is 16.3 Å². The molecule has 4 rings (SSSR count). The zero-order chi connectivity index (χ0) is 17.4. The number of amides is 1. The summed E-state index contributed by atoms with van der Waals surface area (Å²) in [6, 6.07) is 8.01. The molecule has 7 heteroatoms. The lowest BCUT2D eigenvalue weighted by molar-refractivity contribution is 0.0302. The molecule has 0 saturated carbocycles. The molecule has 0 spiro atoms. The predicted octanol–water partition coefficient (Wildman–Crippen LogP) is 3.49. The lowest BCUT2D eigenvalue weighted by atomic mass is 10.1. The van der Waals surface area contributed by atoms with E-state index in [1.165, 1.54) is 11.1 Å². The van der Waals surface area contributed by atoms with Gasteiger partial charge < -0.3 is 14.5 Å². The number of carbonyl (C=O) groups is 1. The average Bonchev–Trinajstić information content (AvgIpc) is 3.04. The van der Waals surface area contributed by atoms with Gasteiger partial charge in [-0.15, -0.1) is 0 Å². The lowest BCUT2D eigenvalue weighted by Crippen LogP contribution is -2.40. The summed E-state index contributed by atoms with van der Waals surface area (Å²) in [7, 11) is 0. The van der Waals surface area contributed by atoms with Crippen LogP contribution in [-0.4, -0.2) is 42.1 Å². The molecular weight excluding hydrogens is 406 g/mol. The Bertz CT molecular complexity index is 824. The van der Waals surface area contributed by atoms with E-state index >= 15 is 0 Å². The Morgan fingerprint density at radius 3 is 2.68 bits per heavy atom. The summed E-state index contributed by atoms with van der Waals surface area (Å²) < 4.78 is 6.36. The van der Waals surface area contributed by atoms with Crippen LogP contribution < -0.4 is 4.90 Å². The molecule has 0 bridgehead atoms. The van der Waals surface area contributed by atoms with Gasteiger partial charge in [-0.2, -0.15) is 0 Å². The van der Waals surface area contributed by atoms with Crippen LogP contribution in [0.15, 0.2) is 34.9 Å². The molecule has 130 valence electrons. The normalized spacial score (nSPS) is 16.9. The number of fused-ring (bicyclic) bond motifs is 1. The van der Waals surface area contributed by atoms with E-state index < -0.39 is 0 Å². The predicted molar refractivity (Wildman–Crippen MR) is 100.0 cm³/mol. The van der Waals surface area contributed by atoms with Crippen molar-refractivity contribution in [2.75, 3.05) is 31.2 Å². The maximum absolute atomic E-state index is 12.6. The fraction of sp³-hybridized carbons (Fsp3) is 0.333. The summed E-state index contributed by atoms with van der Waals surface area (Å²) in [5, 5.41) is 0.506. The van der Waals surface area contributed by atoms with Crippen molar-refractivity contribution in [3.05, 3.63) is 56.6 Å². The first-order valence-corrected chi connectivity index (χ1v) is 9.34. The topological polar surface area (TPSA) is 45.7 Å². The molecule has 3 heterocycles. The molecule has 1 fully saturated rings. The van der Waals surface area contributed by atoms with Crippen LogP contribution in [0.1, 0.15) is 21.5 Å². The van der Waals surface area contributed by atoms with Crippen LogP contribution in [0.4, 0.5) is 5.82 Å². The monoisotopic (exact) mass is 421 g/mol. The molecule has 1 saturated heterocycles. The number of carbonyl (C=O) groups excluding carboxylic acids is 1. The van der Waals surface area contributed by atoms with Crippen molar-refractivity contribution in [2.24, 2.45) is 0 Å². The highest BCUT2D eigenvalue weighted by molar-refractivity contribution is 9.10. The number of ether oxygens (including phenoxy) is 1. The van der Waals surface area contributed by atoms with E-state index in [-0.39, 0.29) is 5.91 Å². The van der Waals surface area contributed by atoms with Gasteiger partial charge in [0, 0.05) is 36.8 Å². The smallest absolute Gasteiger partial charge is 0.255 e. The maximum Gasteiger partial charge on any atom is 0.255 e. The Kier molecular flexibility index (Phi) is 4.67. The van der Waals surface area contributed by atoms with Gasteiger partial charge in [0.2, 0.25) is 0 Å². The second-order valence-corrected chi connectivity index (χ2v) is 7.53. The van der Waals surface area contributed by atoms with Crippen LogP contribution in [0.5, 0.6) is 0 Å². The van der Waals surface area contributed by atoms with Crippen LogP contribution in [0.3, 0.4) is 0 Å². The molecule has 25 heavy (non-hydrogen) atoms. The zero-order valence-corrected chi connectivity index (χ0v) is 15.9. The van der Waals surface area contributed by atoms with Gasteiger partial charge in [-0.05, 0) is 29.3 Å². The number of pyridine rings is 1. The Balaban J connectivity index is 1.54. The lowest BCUT2D eigenvalue weighted by Gasteiger charge is -2.27. The van der Waals surface area contributed by atoms with E-state index in [0.717, 1.165) is 17.6 Å². The number of morpholine rings is 1. The van der Waals surface area contributed by atoms with E-state index in [0.29, 0.717) is 42.7 Å². The van der Waals surface area contributed by atoms with Crippen LogP contribution in [-0.2, 0) is 17.8 Å². The number of halogens is 2. The summed E-state index contributed by atoms with van der Waals surface area (Å²) in [5.74, 6) is 0.672. The molecule has 0 N–H and O–H groups in total. The van der Waals surface area contributed by atoms with Crippen LogP contribution in [0.25, 0.3) is 0 Å². The maximum atomic E-state index is 12.6. The molecule has 0 unspecified atom stereocenters. The zero-order valence-electron chi connectivity index (χ0n) is 13.5. The molecule has 5 nitrogen and oxygen atoms in total. The standard InChI is InChI=1S/C18H17BrClN3O2/c19-15-2-1-12-10-23(11-14(12)7-15)17-16(20)8-13(9-21-17)18(24)22-3-5-25-6-4-22/h1-2,7-9H,3-6,10-11H2. The number of rotatable bonds is 2. The molecule has 1 amide bonds. The molecule has 0 atom stereocenters. The minimum atomic E-state index is -0.0436. The van der Waals surface area contributed by atoms with Gasteiger partial charge in [0.15, 0.2) is 0 Å². The number of nitrogens with zero attached hydrogens (tertiary/aromatic N) is 3. The fourth-order valence-corrected chi connectivity index (χ4v) is 3.94. The second kappa shape index (κ2) is 6.94. The van der Waals surface area contributed by atoms with Gasteiger partial charge >= 0.3 is 0 Å². The molecule has 0 aliphatic carbocycles. The van der Waals surface area contributed by atoms with Crippen LogP contribution in [0, 0.1) is 0 Å². The first kappa shape index (κ1) is 16.8. The number of benzene rings is 1. The summed E-state index contributed by atoms with van der Waals surface area (Å²) in [5.41, 5.74) is 3.06. The van der Waals surface area contributed by atoms with Gasteiger partial charge in [0.1, 0.15) is 5.82 Å². The third-order valence-electron chi connectivity index (χ3n) is 4.56. The Morgan fingerprint density at radius 1 is 1.16 bits per heavy atom. The number of hydrogen-bond donors (Lipinski definition) is 0. The number of anilines is 1. The SMILES string of the molecule is O=C(c1cnc(N2Cc3ccc(Br)cc3C2)c(Cl)c1)N1CCOCC1. The first-order chi connectivity index (χ1) is 12.1. The molecule has 1 aromatic heterocycles. The van der Waals surface area contributed by atoms with Crippen molar-refractivity contribution in [1.29, 1.82) is 0 Å². The summed E-state index contributed by atoms with van der Waals surface area (Å²) in [4.78, 5) is 20.9. The van der Waals surface area contributed by atoms with Crippen molar-refractivity contribution in [3.63, 3.8) is 0 Å². The Morgan fingerprint density at radius 2 is 1.92 bits per heavy atom. The van der Waals surface area contributed by atoms with Gasteiger partial charge in [0.25, 0.3) is 5.91 Å². The summed E-state index contributed by atoms with van der Waals surface area (Å²) in [6.07, 6.45) is 1.62. The highest BCUT2D eigenvalue weighted by Gasteiger charge is 2.24.